The monoisotopic (exact) mass is 484 g/mol. The summed E-state index contributed by atoms with van der Waals surface area (Å²) in [6, 6.07) is 27.8. The number of piperazine rings is 1. The van der Waals surface area contributed by atoms with E-state index in [0.29, 0.717) is 51.3 Å². The average molecular weight is 485 g/mol. The van der Waals surface area contributed by atoms with Crippen molar-refractivity contribution >= 4 is 17.7 Å². The third-order valence-electron chi connectivity index (χ3n) is 6.31. The summed E-state index contributed by atoms with van der Waals surface area (Å²) >= 11 is 0. The quantitative estimate of drug-likeness (QED) is 0.489. The maximum Gasteiger partial charge on any atom is 0.251 e. The van der Waals surface area contributed by atoms with Gasteiger partial charge in [-0.2, -0.15) is 0 Å². The Morgan fingerprint density at radius 2 is 1.28 bits per heavy atom. The zero-order chi connectivity index (χ0) is 25.2. The van der Waals surface area contributed by atoms with Gasteiger partial charge in [0, 0.05) is 44.7 Å². The smallest absolute Gasteiger partial charge is 0.251 e. The van der Waals surface area contributed by atoms with E-state index >= 15 is 0 Å². The number of carbonyl (C=O) groups is 3. The van der Waals surface area contributed by atoms with Crippen LogP contribution in [0.15, 0.2) is 91.0 Å². The lowest BCUT2D eigenvalue weighted by Gasteiger charge is -2.36. The molecule has 1 saturated heterocycles. The van der Waals surface area contributed by atoms with Crippen LogP contribution in [-0.2, 0) is 22.6 Å². The second-order valence-electron chi connectivity index (χ2n) is 8.95. The Balaban J connectivity index is 1.31. The Hall–Kier alpha value is -3.97. The molecule has 1 heterocycles. The van der Waals surface area contributed by atoms with E-state index in [9.17, 15) is 14.4 Å². The zero-order valence-electron chi connectivity index (χ0n) is 20.3. The van der Waals surface area contributed by atoms with Crippen LogP contribution < -0.4 is 10.6 Å². The van der Waals surface area contributed by atoms with Gasteiger partial charge in [-0.15, -0.1) is 0 Å². The fourth-order valence-electron chi connectivity index (χ4n) is 4.28. The molecule has 1 aliphatic heterocycles. The van der Waals surface area contributed by atoms with Gasteiger partial charge < -0.3 is 15.5 Å². The minimum atomic E-state index is -0.666. The molecule has 3 amide bonds. The van der Waals surface area contributed by atoms with Crippen molar-refractivity contribution in [1.82, 2.24) is 20.4 Å². The molecule has 3 aromatic rings. The van der Waals surface area contributed by atoms with E-state index in [1.165, 1.54) is 0 Å². The number of rotatable bonds is 9. The second kappa shape index (κ2) is 12.7. The fraction of sp³-hybridized carbons (Fsp3) is 0.276. The van der Waals surface area contributed by atoms with Crippen LogP contribution in [0.2, 0.25) is 0 Å². The van der Waals surface area contributed by atoms with Crippen molar-refractivity contribution in [2.45, 2.75) is 19.0 Å². The normalized spacial score (nSPS) is 14.6. The number of hydrogen-bond acceptors (Lipinski definition) is 4. The van der Waals surface area contributed by atoms with Crippen LogP contribution in [0.3, 0.4) is 0 Å². The highest BCUT2D eigenvalue weighted by Crippen LogP contribution is 2.11. The van der Waals surface area contributed by atoms with Crippen molar-refractivity contribution in [3.63, 3.8) is 0 Å². The van der Waals surface area contributed by atoms with E-state index in [4.69, 9.17) is 0 Å². The van der Waals surface area contributed by atoms with Gasteiger partial charge in [0.1, 0.15) is 6.04 Å². The Bertz CT molecular complexity index is 1130. The molecule has 0 aliphatic carbocycles. The second-order valence-corrected chi connectivity index (χ2v) is 8.95. The molecule has 1 unspecified atom stereocenters. The molecular formula is C29H32N4O3. The van der Waals surface area contributed by atoms with Crippen LogP contribution >= 0.6 is 0 Å². The largest absolute Gasteiger partial charge is 0.351 e. The first-order valence-corrected chi connectivity index (χ1v) is 12.3. The van der Waals surface area contributed by atoms with Gasteiger partial charge in [-0.05, 0) is 23.3 Å². The van der Waals surface area contributed by atoms with Crippen molar-refractivity contribution in [2.24, 2.45) is 0 Å². The SMILES string of the molecule is O=C(CN1CCN(C(=O)C(Cc2ccccc2)NC(=O)c2ccccc2)CC1)NCc1ccccc1. The van der Waals surface area contributed by atoms with Crippen LogP contribution in [0, 0.1) is 0 Å². The standard InChI is InChI=1S/C29H32N4O3/c34-27(30-21-24-12-6-2-7-13-24)22-32-16-18-33(19-17-32)29(36)26(20-23-10-4-1-5-11-23)31-28(35)25-14-8-3-9-15-25/h1-15,26H,16-22H2,(H,30,34)(H,31,35). The molecule has 0 saturated carbocycles. The zero-order valence-corrected chi connectivity index (χ0v) is 20.3. The number of nitrogens with zero attached hydrogens (tertiary/aromatic N) is 2. The van der Waals surface area contributed by atoms with Gasteiger partial charge in [-0.3, -0.25) is 19.3 Å². The summed E-state index contributed by atoms with van der Waals surface area (Å²) in [5, 5.41) is 5.90. The van der Waals surface area contributed by atoms with E-state index in [2.05, 4.69) is 15.5 Å². The summed E-state index contributed by atoms with van der Waals surface area (Å²) in [6.07, 6.45) is 0.417. The Kier molecular flexibility index (Phi) is 8.83. The van der Waals surface area contributed by atoms with Gasteiger partial charge >= 0.3 is 0 Å². The number of nitrogens with one attached hydrogen (secondary N) is 2. The molecule has 1 aliphatic rings. The first kappa shape index (κ1) is 25.1. The molecule has 3 aromatic carbocycles. The summed E-state index contributed by atoms with van der Waals surface area (Å²) in [6.45, 7) is 3.03. The van der Waals surface area contributed by atoms with E-state index in [0.717, 1.165) is 11.1 Å². The molecule has 2 N–H and O–H groups in total. The summed E-state index contributed by atoms with van der Waals surface area (Å²) < 4.78 is 0. The lowest BCUT2D eigenvalue weighted by Crippen LogP contribution is -2.56. The molecule has 0 aromatic heterocycles. The van der Waals surface area contributed by atoms with Crippen molar-refractivity contribution in [2.75, 3.05) is 32.7 Å². The maximum absolute atomic E-state index is 13.5. The van der Waals surface area contributed by atoms with Crippen LogP contribution in [0.25, 0.3) is 0 Å². The van der Waals surface area contributed by atoms with Gasteiger partial charge in [0.2, 0.25) is 11.8 Å². The van der Waals surface area contributed by atoms with Crippen molar-refractivity contribution in [1.29, 1.82) is 0 Å². The molecule has 0 spiro atoms. The first-order valence-electron chi connectivity index (χ1n) is 12.3. The van der Waals surface area contributed by atoms with Gasteiger partial charge in [-0.25, -0.2) is 0 Å². The Morgan fingerprint density at radius 3 is 1.89 bits per heavy atom. The highest BCUT2D eigenvalue weighted by Gasteiger charge is 2.29. The fourth-order valence-corrected chi connectivity index (χ4v) is 4.28. The molecule has 1 atom stereocenters. The number of carbonyl (C=O) groups excluding carboxylic acids is 3. The van der Waals surface area contributed by atoms with Crippen LogP contribution in [0.4, 0.5) is 0 Å². The van der Waals surface area contributed by atoms with Crippen LogP contribution in [0.5, 0.6) is 0 Å². The van der Waals surface area contributed by atoms with Crippen molar-refractivity contribution in [3.8, 4) is 0 Å². The summed E-state index contributed by atoms with van der Waals surface area (Å²) in [5.74, 6) is -0.398. The molecule has 186 valence electrons. The predicted octanol–water partition coefficient (Wildman–Crippen LogP) is 2.49. The average Bonchev–Trinajstić information content (AvgIpc) is 2.93. The molecular weight excluding hydrogens is 452 g/mol. The number of hydrogen-bond donors (Lipinski definition) is 2. The van der Waals surface area contributed by atoms with Crippen molar-refractivity contribution in [3.05, 3.63) is 108 Å². The lowest BCUT2D eigenvalue weighted by atomic mass is 10.0. The summed E-state index contributed by atoms with van der Waals surface area (Å²) in [5.41, 5.74) is 2.57. The minimum Gasteiger partial charge on any atom is -0.351 e. The van der Waals surface area contributed by atoms with Gasteiger partial charge in [0.05, 0.1) is 6.54 Å². The number of amides is 3. The van der Waals surface area contributed by atoms with Gasteiger partial charge in [0.15, 0.2) is 0 Å². The molecule has 0 radical (unpaired) electrons. The number of benzene rings is 3. The maximum atomic E-state index is 13.5. The third kappa shape index (κ3) is 7.26. The van der Waals surface area contributed by atoms with Gasteiger partial charge in [-0.1, -0.05) is 78.9 Å². The minimum absolute atomic E-state index is 0.0318. The van der Waals surface area contributed by atoms with E-state index in [-0.39, 0.29) is 17.7 Å². The Labute approximate surface area is 212 Å². The first-order chi connectivity index (χ1) is 17.6. The summed E-state index contributed by atoms with van der Waals surface area (Å²) in [7, 11) is 0. The van der Waals surface area contributed by atoms with E-state index in [1.54, 1.807) is 29.2 Å². The highest BCUT2D eigenvalue weighted by atomic mass is 16.2. The summed E-state index contributed by atoms with van der Waals surface area (Å²) in [4.78, 5) is 42.5. The topological polar surface area (TPSA) is 81.8 Å². The van der Waals surface area contributed by atoms with Crippen LogP contribution in [0.1, 0.15) is 21.5 Å². The lowest BCUT2D eigenvalue weighted by molar-refractivity contribution is -0.135. The van der Waals surface area contributed by atoms with E-state index in [1.807, 2.05) is 66.7 Å². The van der Waals surface area contributed by atoms with Crippen molar-refractivity contribution < 1.29 is 14.4 Å². The third-order valence-corrected chi connectivity index (χ3v) is 6.31. The van der Waals surface area contributed by atoms with E-state index < -0.39 is 6.04 Å². The molecule has 1 fully saturated rings. The molecule has 7 nitrogen and oxygen atoms in total. The molecule has 4 rings (SSSR count). The van der Waals surface area contributed by atoms with Gasteiger partial charge in [0.25, 0.3) is 5.91 Å². The molecule has 0 bridgehead atoms. The highest BCUT2D eigenvalue weighted by molar-refractivity contribution is 5.97. The predicted molar refractivity (Wildman–Crippen MR) is 139 cm³/mol. The molecule has 7 heteroatoms. The molecule has 36 heavy (non-hydrogen) atoms. The Morgan fingerprint density at radius 1 is 0.722 bits per heavy atom. The van der Waals surface area contributed by atoms with Crippen LogP contribution in [-0.4, -0.2) is 66.3 Å².